The second-order valence-corrected chi connectivity index (χ2v) is 6.90. The highest BCUT2D eigenvalue weighted by Gasteiger charge is 2.20. The van der Waals surface area contributed by atoms with Crippen LogP contribution in [0.25, 0.3) is 0 Å². The zero-order chi connectivity index (χ0) is 21.7. The lowest BCUT2D eigenvalue weighted by molar-refractivity contribution is -0.140. The molecule has 0 N–H and O–H groups in total. The van der Waals surface area contributed by atoms with Crippen LogP contribution in [0, 0.1) is 13.8 Å². The molecule has 0 atom stereocenters. The van der Waals surface area contributed by atoms with Gasteiger partial charge in [0.25, 0.3) is 0 Å². The van der Waals surface area contributed by atoms with E-state index in [0.717, 1.165) is 11.4 Å². The van der Waals surface area contributed by atoms with E-state index in [1.807, 2.05) is 18.4 Å². The van der Waals surface area contributed by atoms with Crippen LogP contribution in [0.5, 0.6) is 0 Å². The Kier molecular flexibility index (Phi) is 7.14. The molecule has 0 amide bonds. The number of carbonyl (C=O) groups excluding carboxylic acids is 4. The van der Waals surface area contributed by atoms with Gasteiger partial charge >= 0.3 is 11.9 Å². The van der Waals surface area contributed by atoms with Crippen molar-refractivity contribution in [1.82, 2.24) is 9.13 Å². The van der Waals surface area contributed by atoms with Gasteiger partial charge in [0.2, 0.25) is 5.78 Å². The minimum atomic E-state index is -0.666. The molecule has 0 aliphatic carbocycles. The molecule has 0 aliphatic heterocycles. The van der Waals surface area contributed by atoms with Crippen molar-refractivity contribution < 1.29 is 28.7 Å². The van der Waals surface area contributed by atoms with E-state index in [2.05, 4.69) is 4.74 Å². The highest BCUT2D eigenvalue weighted by molar-refractivity contribution is 6.01. The van der Waals surface area contributed by atoms with Crippen molar-refractivity contribution in [2.45, 2.75) is 40.2 Å². The number of hydrogen-bond acceptors (Lipinski definition) is 6. The van der Waals surface area contributed by atoms with Crippen molar-refractivity contribution in [3.05, 3.63) is 46.5 Å². The summed E-state index contributed by atoms with van der Waals surface area (Å²) in [4.78, 5) is 47.5. The first-order valence-corrected chi connectivity index (χ1v) is 9.26. The summed E-state index contributed by atoms with van der Waals surface area (Å²) in [5.74, 6) is -1.41. The first-order valence-electron chi connectivity index (χ1n) is 9.26. The number of aryl methyl sites for hydroxylation is 2. The molecule has 156 valence electrons. The minimum Gasteiger partial charge on any atom is -0.469 e. The van der Waals surface area contributed by atoms with E-state index in [0.29, 0.717) is 30.5 Å². The van der Waals surface area contributed by atoms with Crippen LogP contribution >= 0.6 is 0 Å². The van der Waals surface area contributed by atoms with Crippen LogP contribution in [0.15, 0.2) is 18.3 Å². The fraction of sp³-hybridized carbons (Fsp3) is 0.429. The molecule has 2 rings (SSSR count). The fourth-order valence-electron chi connectivity index (χ4n) is 3.15. The third kappa shape index (κ3) is 5.22. The van der Waals surface area contributed by atoms with Crippen LogP contribution < -0.4 is 0 Å². The average Bonchev–Trinajstić information content (AvgIpc) is 3.20. The minimum absolute atomic E-state index is 0.157. The number of ether oxygens (including phenoxy) is 2. The SMILES string of the molecule is COC(=O)CCCn1c(C)cc(C(=O)COC(=O)c2cc(C(C)=O)cn2C)c1C. The molecule has 8 heteroatoms. The van der Waals surface area contributed by atoms with Gasteiger partial charge in [0.15, 0.2) is 12.4 Å². The zero-order valence-electron chi connectivity index (χ0n) is 17.4. The van der Waals surface area contributed by atoms with Crippen LogP contribution in [0.1, 0.15) is 62.4 Å². The molecule has 0 saturated heterocycles. The van der Waals surface area contributed by atoms with Crippen LogP contribution in [-0.2, 0) is 27.9 Å². The Labute approximate surface area is 169 Å². The number of methoxy groups -OCH3 is 1. The molecule has 2 heterocycles. The Morgan fingerprint density at radius 2 is 1.79 bits per heavy atom. The molecule has 0 aromatic carbocycles. The summed E-state index contributed by atoms with van der Waals surface area (Å²) in [6, 6.07) is 3.20. The molecule has 0 radical (unpaired) electrons. The maximum Gasteiger partial charge on any atom is 0.355 e. The molecule has 0 fully saturated rings. The van der Waals surface area contributed by atoms with Crippen molar-refractivity contribution in [2.24, 2.45) is 7.05 Å². The quantitative estimate of drug-likeness (QED) is 0.473. The van der Waals surface area contributed by atoms with Gasteiger partial charge in [0.05, 0.1) is 7.11 Å². The van der Waals surface area contributed by atoms with Gasteiger partial charge in [-0.3, -0.25) is 14.4 Å². The Bertz CT molecular complexity index is 951. The van der Waals surface area contributed by atoms with Crippen molar-refractivity contribution in [2.75, 3.05) is 13.7 Å². The number of esters is 2. The first-order chi connectivity index (χ1) is 13.6. The summed E-state index contributed by atoms with van der Waals surface area (Å²) < 4.78 is 13.2. The van der Waals surface area contributed by atoms with E-state index >= 15 is 0 Å². The van der Waals surface area contributed by atoms with Gasteiger partial charge in [-0.15, -0.1) is 0 Å². The largest absolute Gasteiger partial charge is 0.469 e. The van der Waals surface area contributed by atoms with Crippen molar-refractivity contribution in [3.8, 4) is 0 Å². The first kappa shape index (κ1) is 22.1. The lowest BCUT2D eigenvalue weighted by Gasteiger charge is -2.09. The number of carbonyl (C=O) groups is 4. The van der Waals surface area contributed by atoms with Crippen molar-refractivity contribution >= 4 is 23.5 Å². The molecule has 0 bridgehead atoms. The number of Topliss-reactive ketones (excluding diaryl/α,β-unsaturated/α-hetero) is 2. The van der Waals surface area contributed by atoms with Gasteiger partial charge in [-0.05, 0) is 39.3 Å². The highest BCUT2D eigenvalue weighted by Crippen LogP contribution is 2.17. The molecule has 0 unspecified atom stereocenters. The van der Waals surface area contributed by atoms with Crippen LogP contribution in [0.3, 0.4) is 0 Å². The molecule has 29 heavy (non-hydrogen) atoms. The standard InChI is InChI=1S/C21H26N2O6/c1-13-9-17(14(2)23(13)8-6-7-20(26)28-5)19(25)12-29-21(27)18-10-16(15(3)24)11-22(18)4/h9-11H,6-8,12H2,1-5H3. The highest BCUT2D eigenvalue weighted by atomic mass is 16.5. The summed E-state index contributed by atoms with van der Waals surface area (Å²) in [5.41, 5.74) is 2.73. The maximum atomic E-state index is 12.6. The molecule has 2 aromatic rings. The topological polar surface area (TPSA) is 96.6 Å². The van der Waals surface area contributed by atoms with Crippen LogP contribution in [0.4, 0.5) is 0 Å². The average molecular weight is 402 g/mol. The summed E-state index contributed by atoms with van der Waals surface area (Å²) in [6.45, 7) is 5.29. The molecule has 0 aliphatic rings. The lowest BCUT2D eigenvalue weighted by atomic mass is 10.1. The van der Waals surface area contributed by atoms with E-state index < -0.39 is 12.6 Å². The van der Waals surface area contributed by atoms with Crippen LogP contribution in [-0.4, -0.2) is 46.4 Å². The van der Waals surface area contributed by atoms with Gasteiger partial charge < -0.3 is 18.6 Å². The van der Waals surface area contributed by atoms with Gasteiger partial charge in [-0.2, -0.15) is 0 Å². The van der Waals surface area contributed by atoms with E-state index in [1.165, 1.54) is 24.7 Å². The predicted molar refractivity (Wildman–Crippen MR) is 105 cm³/mol. The summed E-state index contributed by atoms with van der Waals surface area (Å²) >= 11 is 0. The molecular formula is C21H26N2O6. The van der Waals surface area contributed by atoms with Gasteiger partial charge in [0, 0.05) is 48.7 Å². The zero-order valence-corrected chi connectivity index (χ0v) is 17.4. The van der Waals surface area contributed by atoms with Gasteiger partial charge in [-0.1, -0.05) is 0 Å². The molecule has 0 spiro atoms. The summed E-state index contributed by atoms with van der Waals surface area (Å²) in [5, 5.41) is 0. The van der Waals surface area contributed by atoms with Gasteiger partial charge in [0.1, 0.15) is 5.69 Å². The Hall–Kier alpha value is -3.16. The second kappa shape index (κ2) is 9.36. The van der Waals surface area contributed by atoms with E-state index in [1.54, 1.807) is 19.3 Å². The Morgan fingerprint density at radius 3 is 2.38 bits per heavy atom. The number of rotatable bonds is 9. The number of nitrogens with zero attached hydrogens (tertiary/aromatic N) is 2. The number of ketones is 2. The van der Waals surface area contributed by atoms with Crippen molar-refractivity contribution in [3.63, 3.8) is 0 Å². The molecule has 0 saturated carbocycles. The van der Waals surface area contributed by atoms with E-state index in [9.17, 15) is 19.2 Å². The molecule has 8 nitrogen and oxygen atoms in total. The Morgan fingerprint density at radius 1 is 1.10 bits per heavy atom. The third-order valence-electron chi connectivity index (χ3n) is 4.82. The monoisotopic (exact) mass is 402 g/mol. The molecule has 2 aromatic heterocycles. The number of aromatic nitrogens is 2. The normalized spacial score (nSPS) is 10.7. The fourth-order valence-corrected chi connectivity index (χ4v) is 3.15. The summed E-state index contributed by atoms with van der Waals surface area (Å²) in [7, 11) is 2.98. The second-order valence-electron chi connectivity index (χ2n) is 6.90. The van der Waals surface area contributed by atoms with Gasteiger partial charge in [-0.25, -0.2) is 4.79 Å². The number of hydrogen-bond donors (Lipinski definition) is 0. The maximum absolute atomic E-state index is 12.6. The third-order valence-corrected chi connectivity index (χ3v) is 4.82. The lowest BCUT2D eigenvalue weighted by Crippen LogP contribution is -2.17. The van der Waals surface area contributed by atoms with E-state index in [4.69, 9.17) is 4.74 Å². The molecular weight excluding hydrogens is 376 g/mol. The van der Waals surface area contributed by atoms with Crippen LogP contribution in [0.2, 0.25) is 0 Å². The smallest absolute Gasteiger partial charge is 0.355 e. The van der Waals surface area contributed by atoms with Crippen molar-refractivity contribution in [1.29, 1.82) is 0 Å². The summed E-state index contributed by atoms with van der Waals surface area (Å²) in [6.07, 6.45) is 2.44. The van der Waals surface area contributed by atoms with E-state index in [-0.39, 0.29) is 23.2 Å². The Balaban J connectivity index is 2.02. The predicted octanol–water partition coefficient (Wildman–Crippen LogP) is 2.64.